The van der Waals surface area contributed by atoms with Crippen LogP contribution in [0, 0.1) is 0 Å². The van der Waals surface area contributed by atoms with Crippen molar-refractivity contribution in [1.82, 2.24) is 4.90 Å². The molecular formula is C9H11NO2. The molecule has 3 nitrogen and oxygen atoms in total. The van der Waals surface area contributed by atoms with E-state index in [-0.39, 0.29) is 0 Å². The quantitative estimate of drug-likeness (QED) is 0.656. The number of furan rings is 1. The van der Waals surface area contributed by atoms with Gasteiger partial charge in [0.05, 0.1) is 19.4 Å². The second-order valence-electron chi connectivity index (χ2n) is 3.08. The van der Waals surface area contributed by atoms with E-state index in [1.54, 1.807) is 6.26 Å². The average molecular weight is 165 g/mol. The maximum atomic E-state index is 10.9. The summed E-state index contributed by atoms with van der Waals surface area (Å²) in [6.45, 7) is 2.22. The molecule has 1 aliphatic rings. The van der Waals surface area contributed by atoms with E-state index in [9.17, 15) is 4.79 Å². The minimum absolute atomic E-state index is 0.335. The Kier molecular flexibility index (Phi) is 1.96. The standard InChI is InChI=1S/C9H11NO2/c11-8-3-4-10(6-8)7-9-2-1-5-12-9/h1-2,5H,3-4,6-7H2. The molecule has 2 rings (SSSR count). The first-order chi connectivity index (χ1) is 5.84. The third-order valence-electron chi connectivity index (χ3n) is 2.07. The number of ketones is 1. The number of carbonyl (C=O) groups excluding carboxylic acids is 1. The summed E-state index contributed by atoms with van der Waals surface area (Å²) in [6, 6.07) is 3.80. The first-order valence-electron chi connectivity index (χ1n) is 4.11. The SMILES string of the molecule is O=C1CCN(Cc2ccco2)C1. The van der Waals surface area contributed by atoms with E-state index >= 15 is 0 Å². The fraction of sp³-hybridized carbons (Fsp3) is 0.444. The van der Waals surface area contributed by atoms with Crippen LogP contribution in [0.1, 0.15) is 12.2 Å². The first kappa shape index (κ1) is 7.55. The number of hydrogen-bond donors (Lipinski definition) is 0. The Balaban J connectivity index is 1.92. The Bertz CT molecular complexity index is 266. The largest absolute Gasteiger partial charge is 0.468 e. The monoisotopic (exact) mass is 165 g/mol. The molecule has 2 heterocycles. The molecular weight excluding hydrogens is 154 g/mol. The van der Waals surface area contributed by atoms with Gasteiger partial charge in [-0.25, -0.2) is 0 Å². The molecule has 1 saturated heterocycles. The molecule has 0 aromatic carbocycles. The van der Waals surface area contributed by atoms with E-state index < -0.39 is 0 Å². The Morgan fingerprint density at radius 2 is 2.50 bits per heavy atom. The summed E-state index contributed by atoms with van der Waals surface area (Å²) in [4.78, 5) is 13.0. The van der Waals surface area contributed by atoms with Crippen molar-refractivity contribution in [1.29, 1.82) is 0 Å². The van der Waals surface area contributed by atoms with Gasteiger partial charge in [0.15, 0.2) is 0 Å². The summed E-state index contributed by atoms with van der Waals surface area (Å²) in [5, 5.41) is 0. The molecule has 12 heavy (non-hydrogen) atoms. The molecule has 0 radical (unpaired) electrons. The lowest BCUT2D eigenvalue weighted by atomic mass is 10.4. The molecule has 0 amide bonds. The van der Waals surface area contributed by atoms with Crippen LogP contribution >= 0.6 is 0 Å². The molecule has 1 fully saturated rings. The highest BCUT2D eigenvalue weighted by atomic mass is 16.3. The van der Waals surface area contributed by atoms with Crippen LogP contribution in [-0.4, -0.2) is 23.8 Å². The van der Waals surface area contributed by atoms with Gasteiger partial charge in [-0.2, -0.15) is 0 Å². The van der Waals surface area contributed by atoms with Gasteiger partial charge in [0.25, 0.3) is 0 Å². The van der Waals surface area contributed by atoms with Gasteiger partial charge in [-0.15, -0.1) is 0 Å². The van der Waals surface area contributed by atoms with Gasteiger partial charge in [-0.05, 0) is 12.1 Å². The van der Waals surface area contributed by atoms with E-state index in [1.807, 2.05) is 12.1 Å². The molecule has 0 aliphatic carbocycles. The van der Waals surface area contributed by atoms with E-state index in [0.29, 0.717) is 18.7 Å². The molecule has 3 heteroatoms. The number of hydrogen-bond acceptors (Lipinski definition) is 3. The second kappa shape index (κ2) is 3.11. The van der Waals surface area contributed by atoms with Gasteiger partial charge in [0.2, 0.25) is 0 Å². The maximum Gasteiger partial charge on any atom is 0.148 e. The number of Topliss-reactive ketones (excluding diaryl/α,β-unsaturated/α-hetero) is 1. The third-order valence-corrected chi connectivity index (χ3v) is 2.07. The van der Waals surface area contributed by atoms with E-state index in [4.69, 9.17) is 4.42 Å². The van der Waals surface area contributed by atoms with Crippen LogP contribution in [0.15, 0.2) is 22.8 Å². The number of rotatable bonds is 2. The van der Waals surface area contributed by atoms with Crippen LogP contribution in [0.2, 0.25) is 0 Å². The van der Waals surface area contributed by atoms with Crippen molar-refractivity contribution < 1.29 is 9.21 Å². The molecule has 0 N–H and O–H groups in total. The van der Waals surface area contributed by atoms with Crippen molar-refractivity contribution in [2.75, 3.05) is 13.1 Å². The fourth-order valence-corrected chi connectivity index (χ4v) is 1.45. The van der Waals surface area contributed by atoms with Crippen LogP contribution in [0.3, 0.4) is 0 Å². The normalized spacial score (nSPS) is 18.8. The zero-order valence-corrected chi connectivity index (χ0v) is 6.82. The van der Waals surface area contributed by atoms with E-state index in [0.717, 1.165) is 18.8 Å². The van der Waals surface area contributed by atoms with Gasteiger partial charge in [0.1, 0.15) is 11.5 Å². The zero-order valence-electron chi connectivity index (χ0n) is 6.82. The Morgan fingerprint density at radius 3 is 3.08 bits per heavy atom. The smallest absolute Gasteiger partial charge is 0.148 e. The first-order valence-corrected chi connectivity index (χ1v) is 4.11. The highest BCUT2D eigenvalue weighted by molar-refractivity contribution is 5.82. The minimum Gasteiger partial charge on any atom is -0.468 e. The van der Waals surface area contributed by atoms with Gasteiger partial charge in [-0.1, -0.05) is 0 Å². The topological polar surface area (TPSA) is 33.5 Å². The summed E-state index contributed by atoms with van der Waals surface area (Å²) < 4.78 is 5.18. The van der Waals surface area contributed by atoms with Crippen molar-refractivity contribution in [2.45, 2.75) is 13.0 Å². The van der Waals surface area contributed by atoms with Crippen molar-refractivity contribution >= 4 is 5.78 Å². The zero-order chi connectivity index (χ0) is 8.39. The number of likely N-dealkylation sites (tertiary alicyclic amines) is 1. The van der Waals surface area contributed by atoms with Crippen LogP contribution in [-0.2, 0) is 11.3 Å². The molecule has 1 aromatic rings. The molecule has 64 valence electrons. The lowest BCUT2D eigenvalue weighted by Crippen LogP contribution is -2.19. The highest BCUT2D eigenvalue weighted by Crippen LogP contribution is 2.10. The highest BCUT2D eigenvalue weighted by Gasteiger charge is 2.19. The Morgan fingerprint density at radius 1 is 1.58 bits per heavy atom. The van der Waals surface area contributed by atoms with Crippen LogP contribution in [0.25, 0.3) is 0 Å². The molecule has 1 aliphatic heterocycles. The molecule has 0 bridgehead atoms. The third kappa shape index (κ3) is 1.56. The summed E-state index contributed by atoms with van der Waals surface area (Å²) in [6.07, 6.45) is 2.36. The fourth-order valence-electron chi connectivity index (χ4n) is 1.45. The lowest BCUT2D eigenvalue weighted by Gasteiger charge is -2.10. The molecule has 0 saturated carbocycles. The molecule has 0 spiro atoms. The Hall–Kier alpha value is -1.09. The molecule has 1 aromatic heterocycles. The molecule has 0 unspecified atom stereocenters. The Labute approximate surface area is 71.0 Å². The van der Waals surface area contributed by atoms with Crippen LogP contribution in [0.4, 0.5) is 0 Å². The van der Waals surface area contributed by atoms with Gasteiger partial charge in [0, 0.05) is 13.0 Å². The predicted octanol–water partition coefficient (Wildman–Crippen LogP) is 1.05. The van der Waals surface area contributed by atoms with E-state index in [1.165, 1.54) is 0 Å². The summed E-state index contributed by atoms with van der Waals surface area (Å²) in [7, 11) is 0. The maximum absolute atomic E-state index is 10.9. The van der Waals surface area contributed by atoms with Gasteiger partial charge >= 0.3 is 0 Å². The minimum atomic E-state index is 0.335. The second-order valence-corrected chi connectivity index (χ2v) is 3.08. The van der Waals surface area contributed by atoms with Crippen LogP contribution in [0.5, 0.6) is 0 Å². The summed E-state index contributed by atoms with van der Waals surface area (Å²) >= 11 is 0. The van der Waals surface area contributed by atoms with Crippen molar-refractivity contribution in [3.63, 3.8) is 0 Å². The van der Waals surface area contributed by atoms with Gasteiger partial charge < -0.3 is 4.42 Å². The van der Waals surface area contributed by atoms with Crippen LogP contribution < -0.4 is 0 Å². The summed E-state index contributed by atoms with van der Waals surface area (Å²) in [5.74, 6) is 1.27. The summed E-state index contributed by atoms with van der Waals surface area (Å²) in [5.41, 5.74) is 0. The van der Waals surface area contributed by atoms with E-state index in [2.05, 4.69) is 4.90 Å². The molecule has 0 atom stereocenters. The van der Waals surface area contributed by atoms with Crippen molar-refractivity contribution in [3.05, 3.63) is 24.2 Å². The van der Waals surface area contributed by atoms with Gasteiger partial charge in [-0.3, -0.25) is 9.69 Å². The lowest BCUT2D eigenvalue weighted by molar-refractivity contribution is -0.116. The predicted molar refractivity (Wildman–Crippen MR) is 43.6 cm³/mol. The van der Waals surface area contributed by atoms with Crippen molar-refractivity contribution in [3.8, 4) is 0 Å². The van der Waals surface area contributed by atoms with Crippen molar-refractivity contribution in [2.24, 2.45) is 0 Å². The average Bonchev–Trinajstić information content (AvgIpc) is 2.63. The number of nitrogens with zero attached hydrogens (tertiary/aromatic N) is 1. The number of carbonyl (C=O) groups is 1.